The quantitative estimate of drug-likeness (QED) is 0.276. The van der Waals surface area contributed by atoms with E-state index in [0.29, 0.717) is 0 Å². The largest absolute Gasteiger partial charge is 0.738 e. The van der Waals surface area contributed by atoms with Crippen LogP contribution in [0.5, 0.6) is 0 Å². The van der Waals surface area contributed by atoms with Gasteiger partial charge in [-0.15, -0.1) is 0 Å². The van der Waals surface area contributed by atoms with Gasteiger partial charge in [-0.3, -0.25) is 0 Å². The molecule has 0 unspecified atom stereocenters. The lowest BCUT2D eigenvalue weighted by molar-refractivity contribution is -0.358. The molecule has 0 atom stereocenters. The second-order valence-corrected chi connectivity index (χ2v) is 8.46. The summed E-state index contributed by atoms with van der Waals surface area (Å²) in [5.74, 6) is 0. The van der Waals surface area contributed by atoms with Gasteiger partial charge in [-0.25, -0.2) is 0 Å². The molecule has 2 aliphatic heterocycles. The average molecular weight is 573 g/mol. The third kappa shape index (κ3) is 2.81. The first kappa shape index (κ1) is 19.1. The van der Waals surface area contributed by atoms with Crippen LogP contribution in [0.25, 0.3) is 5.57 Å². The molecule has 2 nitrogen and oxygen atoms in total. The summed E-state index contributed by atoms with van der Waals surface area (Å²) in [6, 6.07) is 6.63. The summed E-state index contributed by atoms with van der Waals surface area (Å²) in [4.78, 5) is 0. The van der Waals surface area contributed by atoms with Crippen LogP contribution < -0.4 is 0 Å². The molecule has 140 valence electrons. The number of hydrogen-bond acceptors (Lipinski definition) is 0. The molecule has 0 amide bonds. The Morgan fingerprint density at radius 1 is 0.963 bits per heavy atom. The molecule has 4 rings (SSSR count). The maximum Gasteiger partial charge on any atom is 0.738 e. The van der Waals surface area contributed by atoms with Gasteiger partial charge in [-0.05, 0) is 45.8 Å². The number of fused-ring (bicyclic) bond motifs is 2. The highest BCUT2D eigenvalue weighted by molar-refractivity contribution is 9.18. The molecule has 11 heteroatoms. The van der Waals surface area contributed by atoms with E-state index in [1.807, 2.05) is 0 Å². The molecule has 27 heavy (non-hydrogen) atoms. The number of nitrogens with zero attached hydrogens (tertiary/aromatic N) is 2. The van der Waals surface area contributed by atoms with Gasteiger partial charge in [0.05, 0.1) is 15.7 Å². The van der Waals surface area contributed by atoms with Gasteiger partial charge in [-0.2, -0.15) is 13.2 Å². The minimum Gasteiger partial charge on any atom is -0.389 e. The van der Waals surface area contributed by atoms with Crippen molar-refractivity contribution in [1.29, 1.82) is 0 Å². The Balaban J connectivity index is 2.06. The number of aromatic nitrogens is 1. The van der Waals surface area contributed by atoms with Crippen molar-refractivity contribution >= 4 is 65.0 Å². The minimum atomic E-state index is -4.58. The van der Waals surface area contributed by atoms with Gasteiger partial charge < -0.3 is 17.6 Å². The van der Waals surface area contributed by atoms with Gasteiger partial charge in [0.1, 0.15) is 0 Å². The highest BCUT2D eigenvalue weighted by atomic mass is 79.9. The summed E-state index contributed by atoms with van der Waals surface area (Å²) in [5, 5.41) is 0. The molecule has 0 spiro atoms. The van der Waals surface area contributed by atoms with Crippen molar-refractivity contribution in [2.45, 2.75) is 6.18 Å². The lowest BCUT2D eigenvalue weighted by atomic mass is 9.86. The van der Waals surface area contributed by atoms with E-state index >= 15 is 8.63 Å². The van der Waals surface area contributed by atoms with Crippen LogP contribution in [-0.2, 0) is 6.18 Å². The molecule has 0 bridgehead atoms. The van der Waals surface area contributed by atoms with Crippen LogP contribution in [0.3, 0.4) is 0 Å². The number of rotatable bonds is 1. The van der Waals surface area contributed by atoms with Gasteiger partial charge in [0.2, 0.25) is 4.62 Å². The zero-order valence-corrected chi connectivity index (χ0v) is 17.8. The van der Waals surface area contributed by atoms with E-state index in [9.17, 15) is 13.2 Å². The molecule has 2 aromatic rings. The van der Waals surface area contributed by atoms with Gasteiger partial charge in [0.25, 0.3) is 0 Å². The van der Waals surface area contributed by atoms with Crippen LogP contribution in [0.1, 0.15) is 16.8 Å². The normalized spacial score (nSPS) is 18.2. The van der Waals surface area contributed by atoms with Crippen molar-refractivity contribution in [2.24, 2.45) is 0 Å². The molecule has 3 heterocycles. The number of alkyl halides is 3. The molecule has 0 saturated heterocycles. The van der Waals surface area contributed by atoms with Crippen LogP contribution in [0.15, 0.2) is 57.3 Å². The van der Waals surface area contributed by atoms with Crippen LogP contribution in [0.4, 0.5) is 21.8 Å². The maximum atomic E-state index is 15.1. The molecule has 0 aliphatic carbocycles. The minimum absolute atomic E-state index is 0.113. The maximum absolute atomic E-state index is 15.1. The Morgan fingerprint density at radius 2 is 1.67 bits per heavy atom. The van der Waals surface area contributed by atoms with Crippen molar-refractivity contribution in [1.82, 2.24) is 4.48 Å². The monoisotopic (exact) mass is 570 g/mol. The fraction of sp³-hybridized carbons (Fsp3) is 0.0625. The molecular formula is C16H7BBr3F5N2. The third-order valence-corrected chi connectivity index (χ3v) is 6.42. The average Bonchev–Trinajstić information content (AvgIpc) is 3.13. The fourth-order valence-corrected chi connectivity index (χ4v) is 4.94. The van der Waals surface area contributed by atoms with Crippen molar-refractivity contribution in [3.63, 3.8) is 0 Å². The highest BCUT2D eigenvalue weighted by Crippen LogP contribution is 2.44. The Kier molecular flexibility index (Phi) is 4.36. The number of halogens is 8. The molecule has 2 aliphatic rings. The van der Waals surface area contributed by atoms with E-state index in [0.717, 1.165) is 15.0 Å². The van der Waals surface area contributed by atoms with Gasteiger partial charge in [0, 0.05) is 38.2 Å². The molecule has 0 radical (unpaired) electrons. The van der Waals surface area contributed by atoms with E-state index in [4.69, 9.17) is 0 Å². The van der Waals surface area contributed by atoms with Gasteiger partial charge in [-0.1, -0.05) is 22.0 Å². The van der Waals surface area contributed by atoms with Crippen LogP contribution in [-0.4, -0.2) is 20.6 Å². The summed E-state index contributed by atoms with van der Waals surface area (Å²) in [6.07, 6.45) is -1.66. The van der Waals surface area contributed by atoms with Crippen molar-refractivity contribution in [2.75, 3.05) is 0 Å². The third-order valence-electron chi connectivity index (χ3n) is 4.43. The van der Waals surface area contributed by atoms with Crippen molar-refractivity contribution in [3.8, 4) is 0 Å². The lowest BCUT2D eigenvalue weighted by Gasteiger charge is -2.32. The van der Waals surface area contributed by atoms with Crippen LogP contribution in [0.2, 0.25) is 0 Å². The standard InChI is InChI=1S/C16H7BBr3F5N2/c18-10-2-1-8(7-9(10)16(21,22)23)15-11-3-5-13(19)26(11)17(24,25)27-12(15)4-6-14(27)20/h1-7H. The zero-order valence-electron chi connectivity index (χ0n) is 13.0. The summed E-state index contributed by atoms with van der Waals surface area (Å²) >= 11 is 9.15. The van der Waals surface area contributed by atoms with Crippen LogP contribution >= 0.6 is 47.8 Å². The molecule has 0 N–H and O–H groups in total. The van der Waals surface area contributed by atoms with E-state index in [1.54, 1.807) is 0 Å². The lowest BCUT2D eigenvalue weighted by Crippen LogP contribution is -2.50. The van der Waals surface area contributed by atoms with Gasteiger partial charge >= 0.3 is 13.1 Å². The van der Waals surface area contributed by atoms with E-state index in [-0.39, 0.29) is 36.2 Å². The Morgan fingerprint density at radius 3 is 2.33 bits per heavy atom. The molecule has 0 fully saturated rings. The van der Waals surface area contributed by atoms with Crippen LogP contribution in [0, 0.1) is 0 Å². The molecular weight excluding hydrogens is 566 g/mol. The van der Waals surface area contributed by atoms with Crippen molar-refractivity contribution < 1.29 is 26.3 Å². The smallest absolute Gasteiger partial charge is 0.389 e. The summed E-state index contributed by atoms with van der Waals surface area (Å²) in [6.45, 7) is -4.22. The Bertz CT molecular complexity index is 1080. The predicted molar refractivity (Wildman–Crippen MR) is 104 cm³/mol. The van der Waals surface area contributed by atoms with Gasteiger partial charge in [0.15, 0.2) is 5.70 Å². The highest BCUT2D eigenvalue weighted by Gasteiger charge is 2.54. The van der Waals surface area contributed by atoms with E-state index < -0.39 is 18.7 Å². The fourth-order valence-electron chi connectivity index (χ4n) is 3.33. The van der Waals surface area contributed by atoms with E-state index in [1.165, 1.54) is 36.4 Å². The Hall–Kier alpha value is -1.20. The Labute approximate surface area is 175 Å². The topological polar surface area (TPSA) is 7.94 Å². The molecule has 1 aromatic heterocycles. The zero-order chi connectivity index (χ0) is 19.7. The molecule has 0 saturated carbocycles. The summed E-state index contributed by atoms with van der Waals surface area (Å²) < 4.78 is 72.0. The summed E-state index contributed by atoms with van der Waals surface area (Å²) in [5.41, 5.74) is -0.113. The summed E-state index contributed by atoms with van der Waals surface area (Å²) in [7, 11) is 0. The number of benzene rings is 1. The van der Waals surface area contributed by atoms with E-state index in [2.05, 4.69) is 47.8 Å². The molecule has 1 aromatic carbocycles. The predicted octanol–water partition coefficient (Wildman–Crippen LogP) is 6.40. The second kappa shape index (κ2) is 6.15. The SMILES string of the molecule is F[B-]1(F)n2c(Br)ccc2C(c2ccc(Br)c(C(F)(F)F)c2)=C2C=CC(Br)=[N+]21. The second-order valence-electron chi connectivity index (χ2n) is 5.98. The number of hydrogen-bond donors (Lipinski definition) is 0. The first-order chi connectivity index (χ1) is 12.5. The first-order valence-electron chi connectivity index (χ1n) is 7.54. The van der Waals surface area contributed by atoms with Crippen molar-refractivity contribution in [3.05, 3.63) is 74.1 Å². The first-order valence-corrected chi connectivity index (χ1v) is 9.92. The number of allylic oxidation sites excluding steroid dienone is 2.